The topological polar surface area (TPSA) is 63.6 Å². The van der Waals surface area contributed by atoms with E-state index in [2.05, 4.69) is 0 Å². The molecule has 29 heavy (non-hydrogen) atoms. The van der Waals surface area contributed by atoms with E-state index in [1.54, 1.807) is 0 Å². The molecule has 1 unspecified atom stereocenters. The fourth-order valence-electron chi connectivity index (χ4n) is 3.02. The highest BCUT2D eigenvalue weighted by molar-refractivity contribution is 8.14. The lowest BCUT2D eigenvalue weighted by molar-refractivity contribution is -0.136. The van der Waals surface area contributed by atoms with Crippen molar-refractivity contribution in [2.24, 2.45) is 0 Å². The van der Waals surface area contributed by atoms with Crippen LogP contribution >= 0.6 is 11.8 Å². The zero-order chi connectivity index (χ0) is 20.5. The van der Waals surface area contributed by atoms with E-state index in [9.17, 15) is 14.7 Å². The summed E-state index contributed by atoms with van der Waals surface area (Å²) in [5.74, 6) is -1.01. The van der Waals surface area contributed by atoms with Crippen LogP contribution in [-0.4, -0.2) is 21.6 Å². The number of thioether (sulfide) groups is 1. The molecule has 0 aliphatic carbocycles. The normalized spacial score (nSPS) is 11.6. The van der Waals surface area contributed by atoms with E-state index < -0.39 is 16.5 Å². The molecule has 0 aliphatic heterocycles. The standard InChI is InChI=1S/C24H22O4S/c25-23(26)22(29-24(27)28-17-18-9-3-1-4-10-18)16-15-20-13-7-8-14-21(20)19-11-5-2-6-12-19/h1-14,22H,15-17H2,(H,25,26). The number of benzene rings is 3. The van der Waals surface area contributed by atoms with Crippen LogP contribution in [0.1, 0.15) is 17.5 Å². The van der Waals surface area contributed by atoms with Crippen molar-refractivity contribution in [1.29, 1.82) is 0 Å². The lowest BCUT2D eigenvalue weighted by Gasteiger charge is -2.14. The summed E-state index contributed by atoms with van der Waals surface area (Å²) in [4.78, 5) is 23.8. The molecule has 0 aromatic heterocycles. The molecule has 3 aromatic carbocycles. The van der Waals surface area contributed by atoms with Crippen molar-refractivity contribution in [1.82, 2.24) is 0 Å². The predicted molar refractivity (Wildman–Crippen MR) is 116 cm³/mol. The lowest BCUT2D eigenvalue weighted by Crippen LogP contribution is -2.20. The maximum Gasteiger partial charge on any atom is 0.368 e. The van der Waals surface area contributed by atoms with Crippen LogP contribution in [0.15, 0.2) is 84.9 Å². The zero-order valence-electron chi connectivity index (χ0n) is 15.9. The van der Waals surface area contributed by atoms with Crippen molar-refractivity contribution < 1.29 is 19.4 Å². The molecule has 3 rings (SSSR count). The van der Waals surface area contributed by atoms with E-state index in [1.807, 2.05) is 84.9 Å². The van der Waals surface area contributed by atoms with Crippen molar-refractivity contribution in [2.45, 2.75) is 24.7 Å². The summed E-state index contributed by atoms with van der Waals surface area (Å²) in [6.45, 7) is 0.135. The third-order valence-electron chi connectivity index (χ3n) is 4.49. The van der Waals surface area contributed by atoms with Gasteiger partial charge in [-0.2, -0.15) is 0 Å². The SMILES string of the molecule is O=C(OCc1ccccc1)SC(CCc1ccccc1-c1ccccc1)C(=O)O. The summed E-state index contributed by atoms with van der Waals surface area (Å²) < 4.78 is 5.21. The summed E-state index contributed by atoms with van der Waals surface area (Å²) in [6, 6.07) is 27.2. The zero-order valence-corrected chi connectivity index (χ0v) is 16.7. The Balaban J connectivity index is 1.60. The number of carboxylic acids is 1. The summed E-state index contributed by atoms with van der Waals surface area (Å²) in [5, 5.41) is 8.11. The molecule has 0 spiro atoms. The van der Waals surface area contributed by atoms with Crippen LogP contribution in [0.3, 0.4) is 0 Å². The second-order valence-electron chi connectivity index (χ2n) is 6.53. The number of hydrogen-bond donors (Lipinski definition) is 1. The largest absolute Gasteiger partial charge is 0.480 e. The number of carbonyl (C=O) groups is 2. The average molecular weight is 407 g/mol. The minimum absolute atomic E-state index is 0.135. The second kappa shape index (κ2) is 10.5. The molecule has 0 fully saturated rings. The van der Waals surface area contributed by atoms with Gasteiger partial charge in [-0.15, -0.1) is 0 Å². The summed E-state index contributed by atoms with van der Waals surface area (Å²) >= 11 is 0.732. The van der Waals surface area contributed by atoms with Crippen molar-refractivity contribution in [2.75, 3.05) is 0 Å². The third kappa shape index (κ3) is 6.22. The maximum atomic E-state index is 12.1. The summed E-state index contributed by atoms with van der Waals surface area (Å²) in [5.41, 5.74) is 4.09. The second-order valence-corrected chi connectivity index (χ2v) is 7.67. The monoisotopic (exact) mass is 406 g/mol. The van der Waals surface area contributed by atoms with Gasteiger partial charge in [-0.25, -0.2) is 4.79 Å². The quantitative estimate of drug-likeness (QED) is 0.478. The molecular weight excluding hydrogens is 384 g/mol. The van der Waals surface area contributed by atoms with Gasteiger partial charge < -0.3 is 9.84 Å². The van der Waals surface area contributed by atoms with Gasteiger partial charge in [-0.1, -0.05) is 84.9 Å². The average Bonchev–Trinajstić information content (AvgIpc) is 2.76. The van der Waals surface area contributed by atoms with E-state index in [4.69, 9.17) is 4.74 Å². The van der Waals surface area contributed by atoms with Crippen LogP contribution in [0.4, 0.5) is 4.79 Å². The minimum atomic E-state index is -1.01. The number of rotatable bonds is 8. The first kappa shape index (κ1) is 20.7. The van der Waals surface area contributed by atoms with Crippen LogP contribution in [0.2, 0.25) is 0 Å². The molecule has 0 aliphatic rings. The molecule has 0 heterocycles. The van der Waals surface area contributed by atoms with Crippen LogP contribution < -0.4 is 0 Å². The van der Waals surface area contributed by atoms with E-state index >= 15 is 0 Å². The van der Waals surface area contributed by atoms with Gasteiger partial charge in [0.25, 0.3) is 0 Å². The molecule has 4 nitrogen and oxygen atoms in total. The Kier molecular flexibility index (Phi) is 7.47. The number of hydrogen-bond acceptors (Lipinski definition) is 4. The Morgan fingerprint density at radius 3 is 2.17 bits per heavy atom. The molecule has 0 amide bonds. The van der Waals surface area contributed by atoms with Crippen molar-refractivity contribution >= 4 is 23.0 Å². The van der Waals surface area contributed by atoms with E-state index in [0.29, 0.717) is 12.8 Å². The fraction of sp³-hybridized carbons (Fsp3) is 0.167. The molecule has 148 valence electrons. The third-order valence-corrected chi connectivity index (χ3v) is 5.52. The highest BCUT2D eigenvalue weighted by Gasteiger charge is 2.23. The summed E-state index contributed by atoms with van der Waals surface area (Å²) in [6.07, 6.45) is 0.894. The number of aryl methyl sites for hydroxylation is 1. The number of ether oxygens (including phenoxy) is 1. The van der Waals surface area contributed by atoms with Crippen molar-refractivity contribution in [3.05, 3.63) is 96.1 Å². The van der Waals surface area contributed by atoms with Crippen LogP contribution in [0, 0.1) is 0 Å². The first-order chi connectivity index (χ1) is 14.1. The summed E-state index contributed by atoms with van der Waals surface area (Å²) in [7, 11) is 0. The van der Waals surface area contributed by atoms with Crippen LogP contribution in [-0.2, 0) is 22.6 Å². The maximum absolute atomic E-state index is 12.1. The molecular formula is C24H22O4S. The highest BCUT2D eigenvalue weighted by Crippen LogP contribution is 2.27. The fourth-order valence-corrected chi connectivity index (χ4v) is 3.72. The molecule has 0 saturated heterocycles. The first-order valence-electron chi connectivity index (χ1n) is 9.37. The molecule has 1 N–H and O–H groups in total. The molecule has 0 radical (unpaired) electrons. The Morgan fingerprint density at radius 2 is 1.48 bits per heavy atom. The van der Waals surface area contributed by atoms with E-state index in [1.165, 1.54) is 0 Å². The smallest absolute Gasteiger partial charge is 0.368 e. The van der Waals surface area contributed by atoms with E-state index in [0.717, 1.165) is 34.0 Å². The van der Waals surface area contributed by atoms with Crippen LogP contribution in [0.25, 0.3) is 11.1 Å². The molecule has 0 saturated carbocycles. The van der Waals surface area contributed by atoms with Crippen molar-refractivity contribution in [3.8, 4) is 11.1 Å². The highest BCUT2D eigenvalue weighted by atomic mass is 32.2. The Labute approximate surface area is 174 Å². The van der Waals surface area contributed by atoms with Gasteiger partial charge >= 0.3 is 11.3 Å². The lowest BCUT2D eigenvalue weighted by atomic mass is 9.96. The molecule has 0 bridgehead atoms. The Hall–Kier alpha value is -3.05. The van der Waals surface area contributed by atoms with Gasteiger partial charge in [0, 0.05) is 0 Å². The van der Waals surface area contributed by atoms with Crippen molar-refractivity contribution in [3.63, 3.8) is 0 Å². The Bertz CT molecular complexity index is 941. The number of aliphatic carboxylic acids is 1. The Morgan fingerprint density at radius 1 is 0.862 bits per heavy atom. The molecule has 3 aromatic rings. The minimum Gasteiger partial charge on any atom is -0.480 e. The molecule has 5 heteroatoms. The van der Waals surface area contributed by atoms with Gasteiger partial charge in [0.2, 0.25) is 0 Å². The first-order valence-corrected chi connectivity index (χ1v) is 10.2. The van der Waals surface area contributed by atoms with Gasteiger partial charge in [-0.05, 0) is 46.9 Å². The van der Waals surface area contributed by atoms with E-state index in [-0.39, 0.29) is 6.61 Å². The van der Waals surface area contributed by atoms with Gasteiger partial charge in [0.15, 0.2) is 0 Å². The number of carboxylic acid groups (broad SMARTS) is 1. The van der Waals surface area contributed by atoms with Gasteiger partial charge in [0.05, 0.1) is 0 Å². The molecule has 1 atom stereocenters. The van der Waals surface area contributed by atoms with Crippen LogP contribution in [0.5, 0.6) is 0 Å². The number of carbonyl (C=O) groups excluding carboxylic acids is 1. The van der Waals surface area contributed by atoms with Gasteiger partial charge in [0.1, 0.15) is 11.9 Å². The van der Waals surface area contributed by atoms with Gasteiger partial charge in [-0.3, -0.25) is 4.79 Å². The predicted octanol–water partition coefficient (Wildman–Crippen LogP) is 5.81.